The first-order valence-corrected chi connectivity index (χ1v) is 8.13. The lowest BCUT2D eigenvalue weighted by molar-refractivity contribution is 1.97. The monoisotopic (exact) mass is 155 g/mol. The molecule has 0 fully saturated rings. The topological polar surface area (TPSA) is 26.0 Å². The van der Waals surface area contributed by atoms with E-state index in [-0.39, 0.29) is 14.6 Å². The van der Waals surface area contributed by atoms with Crippen LogP contribution in [0.2, 0.25) is 0 Å². The van der Waals surface area contributed by atoms with Crippen molar-refractivity contribution in [1.29, 1.82) is 0 Å². The van der Waals surface area contributed by atoms with Gasteiger partial charge in [-0.05, 0) is 34.2 Å². The molecule has 0 aromatic carbocycles. The summed E-state index contributed by atoms with van der Waals surface area (Å²) in [7, 11) is -0.134. The maximum absolute atomic E-state index is 5.62. The highest BCUT2D eigenvalue weighted by molar-refractivity contribution is 8.75. The van der Waals surface area contributed by atoms with E-state index >= 15 is 0 Å². The van der Waals surface area contributed by atoms with Crippen LogP contribution in [0.5, 0.6) is 0 Å². The van der Waals surface area contributed by atoms with E-state index in [1.165, 1.54) is 0 Å². The van der Waals surface area contributed by atoms with Crippen LogP contribution in [0.1, 0.15) is 0 Å². The summed E-state index contributed by atoms with van der Waals surface area (Å²) in [5, 5.41) is 0. The van der Waals surface area contributed by atoms with Crippen molar-refractivity contribution < 1.29 is 0 Å². The molecular weight excluding hydrogens is 144 g/mol. The van der Waals surface area contributed by atoms with E-state index in [0.29, 0.717) is 0 Å². The summed E-state index contributed by atoms with van der Waals surface area (Å²) < 4.78 is 0. The molecule has 2 atom stereocenters. The molecule has 4 heteroatoms. The van der Waals surface area contributed by atoms with Gasteiger partial charge in [-0.3, -0.25) is 0 Å². The summed E-state index contributed by atoms with van der Waals surface area (Å²) in [6.45, 7) is 4.47. The SMILES string of the molecule is CSP(C)P(C)N. The molecule has 2 N–H and O–H groups in total. The van der Waals surface area contributed by atoms with Crippen LogP contribution in [0.25, 0.3) is 0 Å². The Bertz CT molecular complexity index is 50.2. The first-order chi connectivity index (χ1) is 3.18. The third kappa shape index (κ3) is 3.73. The van der Waals surface area contributed by atoms with E-state index in [1.54, 1.807) is 0 Å². The lowest BCUT2D eigenvalue weighted by Gasteiger charge is -2.10. The van der Waals surface area contributed by atoms with Crippen molar-refractivity contribution >= 4 is 26.0 Å². The number of rotatable bonds is 2. The molecule has 1 nitrogen and oxygen atoms in total. The van der Waals surface area contributed by atoms with E-state index in [0.717, 1.165) is 0 Å². The van der Waals surface area contributed by atoms with Crippen molar-refractivity contribution in [3.8, 4) is 0 Å². The molecule has 0 aromatic heterocycles. The summed E-state index contributed by atoms with van der Waals surface area (Å²) in [4.78, 5) is 0. The van der Waals surface area contributed by atoms with Gasteiger partial charge in [0.1, 0.15) is 0 Å². The van der Waals surface area contributed by atoms with Gasteiger partial charge in [-0.1, -0.05) is 0 Å². The zero-order chi connectivity index (χ0) is 5.86. The minimum Gasteiger partial charge on any atom is -0.306 e. The molecule has 0 heterocycles. The molecule has 0 aliphatic rings. The fourth-order valence-electron chi connectivity index (χ4n) is 0.129. The lowest BCUT2D eigenvalue weighted by Crippen LogP contribution is -1.78. The molecule has 2 unspecified atom stereocenters. The van der Waals surface area contributed by atoms with Crippen molar-refractivity contribution in [1.82, 2.24) is 0 Å². The quantitative estimate of drug-likeness (QED) is 0.619. The number of nitrogens with two attached hydrogens (primary N) is 1. The third-order valence-corrected chi connectivity index (χ3v) is 10.2. The Morgan fingerprint density at radius 3 is 1.86 bits per heavy atom. The molecule has 0 rings (SSSR count). The summed E-state index contributed by atoms with van der Waals surface area (Å²) in [6.07, 6.45) is 2.12. The summed E-state index contributed by atoms with van der Waals surface area (Å²) >= 11 is 1.90. The van der Waals surface area contributed by atoms with Crippen molar-refractivity contribution in [2.75, 3.05) is 19.6 Å². The van der Waals surface area contributed by atoms with Gasteiger partial charge in [-0.2, -0.15) is 0 Å². The van der Waals surface area contributed by atoms with Crippen LogP contribution < -0.4 is 5.50 Å². The molecule has 44 valence electrons. The average molecular weight is 155 g/mol. The standard InChI is InChI=1S/C3H11NP2S/c1-5(4)6(2)7-3/h4H2,1-3H3. The van der Waals surface area contributed by atoms with Gasteiger partial charge < -0.3 is 5.50 Å². The number of hydrogen-bond donors (Lipinski definition) is 1. The summed E-state index contributed by atoms with van der Waals surface area (Å²) in [5.41, 5.74) is 5.62. The first-order valence-electron chi connectivity index (χ1n) is 1.94. The summed E-state index contributed by atoms with van der Waals surface area (Å²) in [5.74, 6) is 0. The molecular formula is C3H11NP2S. The van der Waals surface area contributed by atoms with Gasteiger partial charge in [0.15, 0.2) is 0 Å². The predicted octanol–water partition coefficient (Wildman–Crippen LogP) is 2.28. The molecule has 0 saturated heterocycles. The molecule has 0 amide bonds. The Hall–Kier alpha value is 1.17. The maximum atomic E-state index is 5.62. The maximum Gasteiger partial charge on any atom is -0.00864 e. The first kappa shape index (κ1) is 8.17. The molecule has 0 spiro atoms. The van der Waals surface area contributed by atoms with Crippen molar-refractivity contribution in [2.45, 2.75) is 0 Å². The fourth-order valence-corrected chi connectivity index (χ4v) is 3.48. The smallest absolute Gasteiger partial charge is 0.00864 e. The Kier molecular flexibility index (Phi) is 4.77. The van der Waals surface area contributed by atoms with Crippen LogP contribution in [0.4, 0.5) is 0 Å². The van der Waals surface area contributed by atoms with Gasteiger partial charge in [-0.15, -0.1) is 11.4 Å². The average Bonchev–Trinajstić information content (AvgIpc) is 1.65. The second kappa shape index (κ2) is 4.09. The van der Waals surface area contributed by atoms with Crippen LogP contribution in [0, 0.1) is 0 Å². The van der Waals surface area contributed by atoms with Gasteiger partial charge in [-0.25, -0.2) is 0 Å². The Morgan fingerprint density at radius 1 is 1.43 bits per heavy atom. The van der Waals surface area contributed by atoms with Gasteiger partial charge >= 0.3 is 0 Å². The minimum atomic E-state index is -0.134. The highest BCUT2D eigenvalue weighted by atomic mass is 32.9. The Morgan fingerprint density at radius 2 is 1.86 bits per heavy atom. The molecule has 0 aromatic rings. The molecule has 7 heavy (non-hydrogen) atoms. The summed E-state index contributed by atoms with van der Waals surface area (Å²) in [6, 6.07) is 0. The number of hydrogen-bond acceptors (Lipinski definition) is 2. The second-order valence-corrected chi connectivity index (χ2v) is 10.9. The van der Waals surface area contributed by atoms with E-state index < -0.39 is 0 Å². The van der Waals surface area contributed by atoms with Gasteiger partial charge in [0.05, 0.1) is 0 Å². The highest BCUT2D eigenvalue weighted by Gasteiger charge is 2.01. The zero-order valence-corrected chi connectivity index (χ0v) is 7.49. The molecule has 0 bridgehead atoms. The minimum absolute atomic E-state index is 0.122. The van der Waals surface area contributed by atoms with Gasteiger partial charge in [0, 0.05) is 0 Å². The van der Waals surface area contributed by atoms with E-state index in [1.807, 2.05) is 11.4 Å². The molecule has 0 aliphatic carbocycles. The molecule has 0 aliphatic heterocycles. The molecule has 0 radical (unpaired) electrons. The fraction of sp³-hybridized carbons (Fsp3) is 1.00. The van der Waals surface area contributed by atoms with Crippen LogP contribution >= 0.6 is 26.0 Å². The normalized spacial score (nSPS) is 18.9. The van der Waals surface area contributed by atoms with Gasteiger partial charge in [0.2, 0.25) is 0 Å². The van der Waals surface area contributed by atoms with Crippen molar-refractivity contribution in [2.24, 2.45) is 5.50 Å². The van der Waals surface area contributed by atoms with Crippen LogP contribution in [-0.2, 0) is 0 Å². The Balaban J connectivity index is 3.14. The van der Waals surface area contributed by atoms with E-state index in [2.05, 4.69) is 19.6 Å². The van der Waals surface area contributed by atoms with E-state index in [9.17, 15) is 0 Å². The Labute approximate surface area is 51.6 Å². The second-order valence-electron chi connectivity index (χ2n) is 1.22. The van der Waals surface area contributed by atoms with Crippen LogP contribution in [-0.4, -0.2) is 19.6 Å². The molecule has 0 saturated carbocycles. The largest absolute Gasteiger partial charge is 0.306 e. The van der Waals surface area contributed by atoms with Gasteiger partial charge in [0.25, 0.3) is 0 Å². The van der Waals surface area contributed by atoms with Crippen LogP contribution in [0.15, 0.2) is 0 Å². The highest BCUT2D eigenvalue weighted by Crippen LogP contribution is 2.66. The van der Waals surface area contributed by atoms with Crippen LogP contribution in [0.3, 0.4) is 0 Å². The predicted molar refractivity (Wildman–Crippen MR) is 43.4 cm³/mol. The third-order valence-electron chi connectivity index (χ3n) is 0.708. The lowest BCUT2D eigenvalue weighted by atomic mass is 12.0. The van der Waals surface area contributed by atoms with Crippen molar-refractivity contribution in [3.05, 3.63) is 0 Å². The zero-order valence-electron chi connectivity index (χ0n) is 4.88. The van der Waals surface area contributed by atoms with E-state index in [4.69, 9.17) is 5.50 Å². The van der Waals surface area contributed by atoms with Crippen molar-refractivity contribution in [3.63, 3.8) is 0 Å².